The summed E-state index contributed by atoms with van der Waals surface area (Å²) < 4.78 is 16.5. The normalized spacial score (nSPS) is 15.3. The predicted octanol–water partition coefficient (Wildman–Crippen LogP) is 1.76. The second-order valence-corrected chi connectivity index (χ2v) is 10.7. The van der Waals surface area contributed by atoms with Gasteiger partial charge in [-0.1, -0.05) is 13.8 Å². The summed E-state index contributed by atoms with van der Waals surface area (Å²) in [6.07, 6.45) is -1.34. The molecule has 2 aliphatic rings. The zero-order valence-electron chi connectivity index (χ0n) is 24.9. The lowest BCUT2D eigenvalue weighted by Gasteiger charge is -2.34. The van der Waals surface area contributed by atoms with Gasteiger partial charge in [0, 0.05) is 49.8 Å². The van der Waals surface area contributed by atoms with Gasteiger partial charge in [-0.15, -0.1) is 0 Å². The lowest BCUT2D eigenvalue weighted by molar-refractivity contribution is -0.170. The fraction of sp³-hybridized carbons (Fsp3) is 0.552. The Kier molecular flexibility index (Phi) is 11.6. The molecule has 0 amide bonds. The highest BCUT2D eigenvalue weighted by Gasteiger charge is 2.40. The molecule has 0 aliphatic carbocycles. The number of hydrogen-bond donors (Lipinski definition) is 4. The van der Waals surface area contributed by atoms with Crippen molar-refractivity contribution in [2.75, 3.05) is 52.0 Å². The molecule has 0 atom stereocenters. The number of aliphatic hydroxyl groups is 1. The van der Waals surface area contributed by atoms with Crippen LogP contribution in [0.4, 0.5) is 5.82 Å². The lowest BCUT2D eigenvalue weighted by Crippen LogP contribution is -2.42. The molecule has 4 rings (SSSR count). The van der Waals surface area contributed by atoms with E-state index in [4.69, 9.17) is 44.6 Å². The highest BCUT2D eigenvalue weighted by atomic mass is 16.5. The minimum absolute atomic E-state index is 0.295. The first-order valence-electron chi connectivity index (χ1n) is 13.9. The van der Waals surface area contributed by atoms with E-state index in [9.17, 15) is 14.4 Å². The number of aliphatic carboxylic acids is 3. The molecule has 0 radical (unpaired) electrons. The number of hydrogen-bond acceptors (Lipinski definition) is 11. The van der Waals surface area contributed by atoms with Gasteiger partial charge >= 0.3 is 17.9 Å². The third kappa shape index (κ3) is 8.99. The number of anilines is 1. The molecule has 0 spiro atoms. The van der Waals surface area contributed by atoms with E-state index in [-0.39, 0.29) is 0 Å². The molecule has 43 heavy (non-hydrogen) atoms. The molecule has 0 bridgehead atoms. The molecule has 1 fully saturated rings. The van der Waals surface area contributed by atoms with Crippen molar-refractivity contribution >= 4 is 23.7 Å². The van der Waals surface area contributed by atoms with Crippen LogP contribution in [0, 0.1) is 0 Å². The summed E-state index contributed by atoms with van der Waals surface area (Å²) in [5.41, 5.74) is 0.850. The van der Waals surface area contributed by atoms with Crippen LogP contribution in [0.25, 0.3) is 0 Å². The van der Waals surface area contributed by atoms with E-state index in [1.165, 1.54) is 5.56 Å². The molecule has 4 N–H and O–H groups in total. The van der Waals surface area contributed by atoms with Crippen LogP contribution in [0.5, 0.6) is 11.5 Å². The van der Waals surface area contributed by atoms with Crippen LogP contribution in [0.15, 0.2) is 18.2 Å². The van der Waals surface area contributed by atoms with E-state index in [0.29, 0.717) is 5.92 Å². The Bertz CT molecular complexity index is 1280. The van der Waals surface area contributed by atoms with Crippen molar-refractivity contribution in [1.29, 1.82) is 0 Å². The molecule has 1 saturated heterocycles. The average Bonchev–Trinajstić information content (AvgIpc) is 2.96. The maximum absolute atomic E-state index is 10.3. The van der Waals surface area contributed by atoms with Crippen molar-refractivity contribution in [2.24, 2.45) is 0 Å². The summed E-state index contributed by atoms with van der Waals surface area (Å²) in [6.45, 7) is 10.2. The third-order valence-electron chi connectivity index (χ3n) is 7.13. The number of carboxylic acids is 3. The largest absolute Gasteiger partial charge is 0.497 e. The summed E-state index contributed by atoms with van der Waals surface area (Å²) in [7, 11) is 3.41. The Morgan fingerprint density at radius 1 is 1.00 bits per heavy atom. The summed E-state index contributed by atoms with van der Waals surface area (Å²) in [5, 5.41) is 33.8. The number of rotatable bonds is 11. The Labute approximate surface area is 249 Å². The lowest BCUT2D eigenvalue weighted by atomic mass is 9.96. The molecular weight excluding hydrogens is 564 g/mol. The topological polar surface area (TPSA) is 192 Å². The molecule has 0 unspecified atom stereocenters. The number of fused-ring (bicyclic) bond motifs is 1. The maximum atomic E-state index is 10.3. The molecular formula is C29H40N4O10. The summed E-state index contributed by atoms with van der Waals surface area (Å²) in [4.78, 5) is 45.2. The van der Waals surface area contributed by atoms with Crippen LogP contribution in [0.3, 0.4) is 0 Å². The number of ether oxygens (including phenoxy) is 3. The smallest absolute Gasteiger partial charge is 0.336 e. The van der Waals surface area contributed by atoms with E-state index in [1.54, 1.807) is 14.2 Å². The van der Waals surface area contributed by atoms with Crippen molar-refractivity contribution < 1.29 is 49.0 Å². The van der Waals surface area contributed by atoms with Crippen molar-refractivity contribution in [3.05, 3.63) is 40.8 Å². The van der Waals surface area contributed by atoms with Crippen LogP contribution in [0.2, 0.25) is 0 Å². The summed E-state index contributed by atoms with van der Waals surface area (Å²) in [5.74, 6) is -0.941. The fourth-order valence-corrected chi connectivity index (χ4v) is 4.87. The van der Waals surface area contributed by atoms with Crippen LogP contribution < -0.4 is 14.4 Å². The van der Waals surface area contributed by atoms with Gasteiger partial charge in [0.1, 0.15) is 23.1 Å². The Morgan fingerprint density at radius 2 is 1.65 bits per heavy atom. The van der Waals surface area contributed by atoms with Gasteiger partial charge in [0.25, 0.3) is 0 Å². The zero-order chi connectivity index (χ0) is 31.7. The molecule has 2 aliphatic heterocycles. The van der Waals surface area contributed by atoms with Gasteiger partial charge in [-0.3, -0.25) is 14.5 Å². The third-order valence-corrected chi connectivity index (χ3v) is 7.13. The predicted molar refractivity (Wildman–Crippen MR) is 154 cm³/mol. The van der Waals surface area contributed by atoms with Crippen molar-refractivity contribution in [1.82, 2.24) is 14.9 Å². The van der Waals surface area contributed by atoms with E-state index in [1.807, 2.05) is 12.1 Å². The minimum atomic E-state index is -2.74. The van der Waals surface area contributed by atoms with Crippen LogP contribution >= 0.6 is 0 Å². The molecule has 14 nitrogen and oxygen atoms in total. The maximum Gasteiger partial charge on any atom is 0.336 e. The number of benzene rings is 1. The van der Waals surface area contributed by atoms with Crippen molar-refractivity contribution in [3.8, 4) is 11.5 Å². The number of aromatic nitrogens is 2. The molecule has 1 aromatic heterocycles. The summed E-state index contributed by atoms with van der Waals surface area (Å²) >= 11 is 0. The number of morpholine rings is 1. The van der Waals surface area contributed by atoms with E-state index < -0.39 is 36.4 Å². The Hall–Kier alpha value is -4.01. The zero-order valence-corrected chi connectivity index (χ0v) is 24.9. The monoisotopic (exact) mass is 604 g/mol. The fourth-order valence-electron chi connectivity index (χ4n) is 4.87. The average molecular weight is 605 g/mol. The quantitative estimate of drug-likeness (QED) is 0.290. The second kappa shape index (κ2) is 14.9. The van der Waals surface area contributed by atoms with Gasteiger partial charge in [-0.2, -0.15) is 0 Å². The molecule has 1 aromatic carbocycles. The van der Waals surface area contributed by atoms with Crippen LogP contribution in [-0.2, 0) is 38.6 Å². The van der Waals surface area contributed by atoms with Gasteiger partial charge in [0.15, 0.2) is 5.60 Å². The van der Waals surface area contributed by atoms with Crippen LogP contribution in [0.1, 0.15) is 55.3 Å². The van der Waals surface area contributed by atoms with Crippen LogP contribution in [-0.4, -0.2) is 106 Å². The van der Waals surface area contributed by atoms with Crippen molar-refractivity contribution in [3.63, 3.8) is 0 Å². The summed E-state index contributed by atoms with van der Waals surface area (Å²) in [6, 6.07) is 5.97. The first kappa shape index (κ1) is 33.5. The number of carboxylic acid groups (broad SMARTS) is 3. The number of nitrogens with zero attached hydrogens (tertiary/aromatic N) is 4. The highest BCUT2D eigenvalue weighted by molar-refractivity contribution is 5.88. The van der Waals surface area contributed by atoms with E-state index in [2.05, 4.69) is 29.7 Å². The molecule has 3 heterocycles. The highest BCUT2D eigenvalue weighted by Crippen LogP contribution is 2.31. The van der Waals surface area contributed by atoms with E-state index >= 15 is 0 Å². The van der Waals surface area contributed by atoms with Gasteiger partial charge in [0.2, 0.25) is 0 Å². The molecule has 14 heteroatoms. The molecule has 0 saturated carbocycles. The van der Waals surface area contributed by atoms with Gasteiger partial charge in [0.05, 0.1) is 46.0 Å². The Morgan fingerprint density at radius 3 is 2.19 bits per heavy atom. The second-order valence-electron chi connectivity index (χ2n) is 10.7. The first-order chi connectivity index (χ1) is 20.4. The van der Waals surface area contributed by atoms with Gasteiger partial charge in [-0.25, -0.2) is 14.8 Å². The van der Waals surface area contributed by atoms with E-state index in [0.717, 1.165) is 86.8 Å². The Balaban J connectivity index is 0.000000331. The molecule has 2 aromatic rings. The standard InChI is InChI=1S/C23H32N4O3.C6H8O7/c1-16(2)22-24-20-15-26(14-17-13-18(28-3)5-6-21(17)29-4)8-7-19(20)23(25-22)27-9-11-30-12-10-27;7-3(8)1-6(13,5(11)12)2-4(9)10/h5-6,13,16H,7-12,14-15H2,1-4H3;13H,1-2H2,(H,7,8)(H,9,10)(H,11,12). The van der Waals surface area contributed by atoms with Gasteiger partial charge in [-0.05, 0) is 24.6 Å². The molecule has 236 valence electrons. The van der Waals surface area contributed by atoms with Crippen molar-refractivity contribution in [2.45, 2.75) is 57.7 Å². The number of methoxy groups -OCH3 is 2. The minimum Gasteiger partial charge on any atom is -0.497 e. The first-order valence-corrected chi connectivity index (χ1v) is 13.9. The van der Waals surface area contributed by atoms with Gasteiger partial charge < -0.3 is 39.5 Å². The number of carbonyl (C=O) groups is 3. The SMILES string of the molecule is COc1ccc(OC)c(CN2CCc3c(nc(C(C)C)nc3N3CCOCC3)C2)c1.O=C(O)CC(O)(CC(=O)O)C(=O)O.